The molecule has 1 amide bonds. The van der Waals surface area contributed by atoms with Crippen LogP contribution in [0.3, 0.4) is 0 Å². The zero-order valence-corrected chi connectivity index (χ0v) is 21.7. The molecule has 6 rings (SSSR count). The van der Waals surface area contributed by atoms with Crippen LogP contribution in [0.1, 0.15) is 65.3 Å². The van der Waals surface area contributed by atoms with E-state index in [1.807, 2.05) is 31.4 Å². The number of fused-ring (bicyclic) bond motifs is 1. The highest BCUT2D eigenvalue weighted by Gasteiger charge is 2.29. The number of β-amino-alcohol motifs (C(OH)–C–C–N with tert-alkyl or cyclic N) is 1. The van der Waals surface area contributed by atoms with Crippen LogP contribution in [0.4, 0.5) is 11.6 Å². The molecule has 202 valence electrons. The van der Waals surface area contributed by atoms with Gasteiger partial charge in [0, 0.05) is 50.6 Å². The monoisotopic (exact) mass is 529 g/mol. The summed E-state index contributed by atoms with van der Waals surface area (Å²) < 4.78 is 7.40. The molecule has 39 heavy (non-hydrogen) atoms. The predicted octanol–water partition coefficient (Wildman–Crippen LogP) is 2.94. The first-order chi connectivity index (χ1) is 19.1. The summed E-state index contributed by atoms with van der Waals surface area (Å²) in [5, 5.41) is 28.2. The quantitative estimate of drug-likeness (QED) is 0.311. The number of aliphatic hydroxyl groups is 1. The highest BCUT2D eigenvalue weighted by molar-refractivity contribution is 5.89. The Hall–Kier alpha value is -4.16. The van der Waals surface area contributed by atoms with Crippen molar-refractivity contribution in [2.75, 3.05) is 25.0 Å². The second kappa shape index (κ2) is 10.9. The maximum atomic E-state index is 13.1. The molecule has 0 unspecified atom stereocenters. The van der Waals surface area contributed by atoms with Crippen molar-refractivity contribution in [2.45, 2.75) is 44.2 Å². The summed E-state index contributed by atoms with van der Waals surface area (Å²) in [6.45, 7) is 1.98. The molecule has 0 spiro atoms. The lowest BCUT2D eigenvalue weighted by atomic mass is 9.85. The summed E-state index contributed by atoms with van der Waals surface area (Å²) in [5.74, 6) is 0.925. The molecule has 0 saturated heterocycles. The summed E-state index contributed by atoms with van der Waals surface area (Å²) >= 11 is 0. The van der Waals surface area contributed by atoms with E-state index in [4.69, 9.17) is 9.40 Å². The van der Waals surface area contributed by atoms with Gasteiger partial charge in [0.1, 0.15) is 0 Å². The zero-order valence-electron chi connectivity index (χ0n) is 21.7. The fourth-order valence-corrected chi connectivity index (χ4v) is 5.07. The van der Waals surface area contributed by atoms with E-state index in [9.17, 15) is 9.90 Å². The van der Waals surface area contributed by atoms with Crippen LogP contribution < -0.4 is 10.6 Å². The van der Waals surface area contributed by atoms with Gasteiger partial charge in [0.25, 0.3) is 0 Å². The van der Waals surface area contributed by atoms with Crippen molar-refractivity contribution in [1.29, 1.82) is 0 Å². The molecule has 2 aliphatic rings. The third kappa shape index (κ3) is 5.52. The number of nitrogens with zero attached hydrogens (tertiary/aromatic N) is 7. The molecule has 1 saturated carbocycles. The first kappa shape index (κ1) is 25.1. The highest BCUT2D eigenvalue weighted by atomic mass is 16.4. The third-order valence-corrected chi connectivity index (χ3v) is 7.37. The fourth-order valence-electron chi connectivity index (χ4n) is 5.07. The number of aliphatic hydroxyl groups excluding tert-OH is 1. The van der Waals surface area contributed by atoms with Gasteiger partial charge in [0.05, 0.1) is 30.2 Å². The molecule has 0 bridgehead atoms. The minimum absolute atomic E-state index is 0.00108. The summed E-state index contributed by atoms with van der Waals surface area (Å²) in [5.41, 5.74) is 4.59. The van der Waals surface area contributed by atoms with Crippen molar-refractivity contribution >= 4 is 17.5 Å². The number of carbonyl (C=O) groups excluding carboxylic acids is 1. The minimum atomic E-state index is -0.370. The van der Waals surface area contributed by atoms with Crippen LogP contribution in [0.2, 0.25) is 0 Å². The van der Waals surface area contributed by atoms with Crippen LogP contribution in [-0.4, -0.2) is 65.6 Å². The van der Waals surface area contributed by atoms with Crippen molar-refractivity contribution in [3.8, 4) is 11.3 Å². The number of anilines is 2. The van der Waals surface area contributed by atoms with Gasteiger partial charge >= 0.3 is 11.8 Å². The molecule has 4 aromatic rings. The summed E-state index contributed by atoms with van der Waals surface area (Å²) in [7, 11) is 1.85. The number of rotatable bonds is 8. The topological polar surface area (TPSA) is 147 Å². The predicted molar refractivity (Wildman–Crippen MR) is 142 cm³/mol. The molecule has 1 aliphatic heterocycles. The van der Waals surface area contributed by atoms with Gasteiger partial charge in [-0.1, -0.05) is 18.6 Å². The largest absolute Gasteiger partial charge is 0.417 e. The second-order valence-electron chi connectivity index (χ2n) is 10.1. The van der Waals surface area contributed by atoms with E-state index in [0.717, 1.165) is 53.9 Å². The third-order valence-electron chi connectivity index (χ3n) is 7.37. The molecule has 3 N–H and O–H groups in total. The molecule has 1 aliphatic carbocycles. The van der Waals surface area contributed by atoms with E-state index < -0.39 is 0 Å². The number of aryl methyl sites for hydroxylation is 1. The Morgan fingerprint density at radius 1 is 1.21 bits per heavy atom. The molecule has 12 heteroatoms. The Morgan fingerprint density at radius 2 is 2.10 bits per heavy atom. The number of amides is 1. The summed E-state index contributed by atoms with van der Waals surface area (Å²) in [6, 6.07) is 7.78. The van der Waals surface area contributed by atoms with Crippen molar-refractivity contribution in [1.82, 2.24) is 40.2 Å². The lowest BCUT2D eigenvalue weighted by Crippen LogP contribution is -2.31. The van der Waals surface area contributed by atoms with Gasteiger partial charge in [0.15, 0.2) is 0 Å². The Kier molecular flexibility index (Phi) is 7.03. The molecule has 4 heterocycles. The smallest absolute Gasteiger partial charge is 0.309 e. The fraction of sp³-hybridized carbons (Fsp3) is 0.407. The molecule has 12 nitrogen and oxygen atoms in total. The van der Waals surface area contributed by atoms with Crippen LogP contribution in [0, 0.1) is 0 Å². The second-order valence-corrected chi connectivity index (χ2v) is 10.1. The maximum absolute atomic E-state index is 13.1. The number of hydrogen-bond acceptors (Lipinski definition) is 10. The molecule has 0 radical (unpaired) electrons. The molecule has 1 atom stereocenters. The number of hydrogen-bond donors (Lipinski definition) is 3. The Morgan fingerprint density at radius 3 is 2.87 bits per heavy atom. The van der Waals surface area contributed by atoms with E-state index >= 15 is 0 Å². The molecular formula is C27H31N9O3. The number of benzene rings is 1. The molecular weight excluding hydrogens is 498 g/mol. The Balaban J connectivity index is 1.25. The SMILES string of the molecule is Cn1cc(Nc2nccc(-c3ccc4c(c3)CN(CCO)CC[C@H]4NC(=O)c3nnc(C4CCC4)o3)n2)cn1. The van der Waals surface area contributed by atoms with Crippen LogP contribution in [0.15, 0.2) is 47.3 Å². The van der Waals surface area contributed by atoms with Crippen molar-refractivity contribution in [2.24, 2.45) is 7.05 Å². The van der Waals surface area contributed by atoms with Gasteiger partial charge in [0.2, 0.25) is 11.8 Å². The van der Waals surface area contributed by atoms with Gasteiger partial charge in [-0.25, -0.2) is 9.97 Å². The van der Waals surface area contributed by atoms with Gasteiger partial charge in [-0.05, 0) is 42.5 Å². The highest BCUT2D eigenvalue weighted by Crippen LogP contribution is 2.35. The zero-order chi connectivity index (χ0) is 26.8. The lowest BCUT2D eigenvalue weighted by molar-refractivity contribution is 0.0893. The summed E-state index contributed by atoms with van der Waals surface area (Å²) in [6.07, 6.45) is 9.17. The van der Waals surface area contributed by atoms with E-state index in [2.05, 4.69) is 41.9 Å². The van der Waals surface area contributed by atoms with E-state index in [-0.39, 0.29) is 30.4 Å². The maximum Gasteiger partial charge on any atom is 0.309 e. The van der Waals surface area contributed by atoms with Crippen molar-refractivity contribution in [3.63, 3.8) is 0 Å². The molecule has 3 aromatic heterocycles. The van der Waals surface area contributed by atoms with Gasteiger partial charge in [-0.15, -0.1) is 10.2 Å². The van der Waals surface area contributed by atoms with Crippen molar-refractivity contribution < 1.29 is 14.3 Å². The Labute approximate surface area is 225 Å². The van der Waals surface area contributed by atoms with E-state index in [1.54, 1.807) is 17.1 Å². The average molecular weight is 530 g/mol. The van der Waals surface area contributed by atoms with Crippen LogP contribution in [0.25, 0.3) is 11.3 Å². The van der Waals surface area contributed by atoms with Crippen molar-refractivity contribution in [3.05, 3.63) is 65.8 Å². The van der Waals surface area contributed by atoms with Crippen LogP contribution in [0.5, 0.6) is 0 Å². The van der Waals surface area contributed by atoms with Gasteiger partial charge < -0.3 is 20.2 Å². The average Bonchev–Trinajstić information content (AvgIpc) is 3.51. The normalized spacial score (nSPS) is 17.7. The lowest BCUT2D eigenvalue weighted by Gasteiger charge is -2.21. The first-order valence-electron chi connectivity index (χ1n) is 13.2. The van der Waals surface area contributed by atoms with Gasteiger partial charge in [-0.2, -0.15) is 5.10 Å². The van der Waals surface area contributed by atoms with Crippen LogP contribution in [-0.2, 0) is 13.6 Å². The van der Waals surface area contributed by atoms with Crippen LogP contribution >= 0.6 is 0 Å². The first-order valence-corrected chi connectivity index (χ1v) is 13.2. The number of carbonyl (C=O) groups is 1. The molecule has 1 fully saturated rings. The standard InChI is InChI=1S/C27H31N9O3/c1-35-16-20(14-29-35)30-27-28-9-7-22(32-27)18-5-6-21-19(13-18)15-36(11-12-37)10-8-23(21)31-24(38)26-34-33-25(39-26)17-3-2-4-17/h5-7,9,13-14,16-17,23,37H,2-4,8,10-12,15H2,1H3,(H,31,38)(H,28,30,32)/t23-/m1/s1. The number of nitrogens with one attached hydrogen (secondary N) is 2. The number of aromatic nitrogens is 6. The summed E-state index contributed by atoms with van der Waals surface area (Å²) in [4.78, 5) is 24.3. The minimum Gasteiger partial charge on any atom is -0.417 e. The van der Waals surface area contributed by atoms with E-state index in [0.29, 0.717) is 31.3 Å². The van der Waals surface area contributed by atoms with Gasteiger partial charge in [-0.3, -0.25) is 14.4 Å². The Bertz CT molecular complexity index is 1460. The van der Waals surface area contributed by atoms with E-state index in [1.165, 1.54) is 0 Å². The molecule has 1 aromatic carbocycles.